The Labute approximate surface area is 123 Å². The largest absolute Gasteiger partial charge is 0.370 e. The standard InChI is InChI=1S/C17H29N3/c1-4-11-18-17-7-5-6-15(19-17)13-20(16-8-9-16)12-10-14(2)3/h5-7,14,16H,4,8-13H2,1-3H3,(H,18,19). The molecule has 3 nitrogen and oxygen atoms in total. The molecule has 1 aromatic heterocycles. The minimum Gasteiger partial charge on any atom is -0.370 e. The Balaban J connectivity index is 1.91. The first-order valence-electron chi connectivity index (χ1n) is 8.13. The van der Waals surface area contributed by atoms with Gasteiger partial charge in [-0.1, -0.05) is 26.8 Å². The third kappa shape index (κ3) is 5.12. The average molecular weight is 275 g/mol. The zero-order chi connectivity index (χ0) is 14.4. The molecule has 20 heavy (non-hydrogen) atoms. The van der Waals surface area contributed by atoms with Gasteiger partial charge in [-0.25, -0.2) is 4.98 Å². The third-order valence-corrected chi connectivity index (χ3v) is 3.78. The summed E-state index contributed by atoms with van der Waals surface area (Å²) in [5.74, 6) is 1.80. The van der Waals surface area contributed by atoms with Crippen molar-refractivity contribution in [3.05, 3.63) is 23.9 Å². The SMILES string of the molecule is CCCNc1cccc(CN(CCC(C)C)C2CC2)n1. The van der Waals surface area contributed by atoms with E-state index < -0.39 is 0 Å². The second-order valence-electron chi connectivity index (χ2n) is 6.33. The van der Waals surface area contributed by atoms with Crippen molar-refractivity contribution in [3.8, 4) is 0 Å². The molecule has 1 aromatic rings. The maximum Gasteiger partial charge on any atom is 0.126 e. The summed E-state index contributed by atoms with van der Waals surface area (Å²) in [5.41, 5.74) is 1.20. The minimum atomic E-state index is 0.779. The summed E-state index contributed by atoms with van der Waals surface area (Å²) in [6.45, 7) is 9.99. The fourth-order valence-corrected chi connectivity index (χ4v) is 2.38. The third-order valence-electron chi connectivity index (χ3n) is 3.78. The molecule has 0 spiro atoms. The maximum absolute atomic E-state index is 4.73. The molecule has 1 fully saturated rings. The van der Waals surface area contributed by atoms with Crippen molar-refractivity contribution in [2.24, 2.45) is 5.92 Å². The van der Waals surface area contributed by atoms with Gasteiger partial charge >= 0.3 is 0 Å². The van der Waals surface area contributed by atoms with Crippen molar-refractivity contribution in [1.82, 2.24) is 9.88 Å². The van der Waals surface area contributed by atoms with E-state index in [1.165, 1.54) is 31.5 Å². The maximum atomic E-state index is 4.73. The zero-order valence-electron chi connectivity index (χ0n) is 13.2. The quantitative estimate of drug-likeness (QED) is 0.740. The lowest BCUT2D eigenvalue weighted by atomic mass is 10.1. The van der Waals surface area contributed by atoms with Crippen LogP contribution in [0, 0.1) is 5.92 Å². The Morgan fingerprint density at radius 3 is 2.80 bits per heavy atom. The molecule has 0 amide bonds. The molecule has 0 saturated heterocycles. The first-order valence-corrected chi connectivity index (χ1v) is 8.13. The molecule has 1 aliphatic carbocycles. The van der Waals surface area contributed by atoms with Crippen LogP contribution in [0.5, 0.6) is 0 Å². The molecular weight excluding hydrogens is 246 g/mol. The highest BCUT2D eigenvalue weighted by Crippen LogP contribution is 2.28. The molecule has 2 rings (SSSR count). The van der Waals surface area contributed by atoms with Crippen LogP contribution in [0.2, 0.25) is 0 Å². The van der Waals surface area contributed by atoms with E-state index in [4.69, 9.17) is 4.98 Å². The first-order chi connectivity index (χ1) is 9.69. The highest BCUT2D eigenvalue weighted by molar-refractivity contribution is 5.35. The molecule has 0 unspecified atom stereocenters. The number of nitrogens with zero attached hydrogens (tertiary/aromatic N) is 2. The van der Waals surface area contributed by atoms with E-state index in [2.05, 4.69) is 49.2 Å². The number of nitrogens with one attached hydrogen (secondary N) is 1. The normalized spacial score (nSPS) is 15.1. The number of aromatic nitrogens is 1. The Morgan fingerprint density at radius 1 is 1.35 bits per heavy atom. The van der Waals surface area contributed by atoms with Gasteiger partial charge in [0, 0.05) is 19.1 Å². The summed E-state index contributed by atoms with van der Waals surface area (Å²) >= 11 is 0. The molecule has 1 aliphatic rings. The number of rotatable bonds is 9. The molecule has 1 heterocycles. The lowest BCUT2D eigenvalue weighted by Crippen LogP contribution is -2.28. The monoisotopic (exact) mass is 275 g/mol. The number of pyridine rings is 1. The predicted octanol–water partition coefficient (Wildman–Crippen LogP) is 3.91. The second kappa shape index (κ2) is 7.63. The smallest absolute Gasteiger partial charge is 0.126 e. The topological polar surface area (TPSA) is 28.2 Å². The fraction of sp³-hybridized carbons (Fsp3) is 0.706. The van der Waals surface area contributed by atoms with Crippen LogP contribution in [0.3, 0.4) is 0 Å². The van der Waals surface area contributed by atoms with E-state index in [1.54, 1.807) is 0 Å². The fourth-order valence-electron chi connectivity index (χ4n) is 2.38. The van der Waals surface area contributed by atoms with Gasteiger partial charge in [0.2, 0.25) is 0 Å². The van der Waals surface area contributed by atoms with Gasteiger partial charge in [-0.05, 0) is 50.3 Å². The van der Waals surface area contributed by atoms with Crippen molar-refractivity contribution in [1.29, 1.82) is 0 Å². The first kappa shape index (κ1) is 15.3. The van der Waals surface area contributed by atoms with E-state index in [-0.39, 0.29) is 0 Å². The Hall–Kier alpha value is -1.09. The number of anilines is 1. The molecular formula is C17H29N3. The van der Waals surface area contributed by atoms with Gasteiger partial charge in [0.25, 0.3) is 0 Å². The van der Waals surface area contributed by atoms with Gasteiger partial charge in [-0.3, -0.25) is 4.90 Å². The average Bonchev–Trinajstić information content (AvgIpc) is 3.26. The summed E-state index contributed by atoms with van der Waals surface area (Å²) < 4.78 is 0. The number of hydrogen-bond donors (Lipinski definition) is 1. The van der Waals surface area contributed by atoms with Crippen LogP contribution in [-0.2, 0) is 6.54 Å². The van der Waals surface area contributed by atoms with Crippen LogP contribution < -0.4 is 5.32 Å². The van der Waals surface area contributed by atoms with Crippen molar-refractivity contribution in [2.75, 3.05) is 18.4 Å². The van der Waals surface area contributed by atoms with Crippen molar-refractivity contribution in [2.45, 2.75) is 59.0 Å². The highest BCUT2D eigenvalue weighted by atomic mass is 15.2. The van der Waals surface area contributed by atoms with Gasteiger partial charge in [0.1, 0.15) is 5.82 Å². The predicted molar refractivity (Wildman–Crippen MR) is 85.9 cm³/mol. The molecule has 0 atom stereocenters. The summed E-state index contributed by atoms with van der Waals surface area (Å²) in [6, 6.07) is 7.15. The summed E-state index contributed by atoms with van der Waals surface area (Å²) in [5, 5.41) is 3.37. The van der Waals surface area contributed by atoms with Crippen molar-refractivity contribution in [3.63, 3.8) is 0 Å². The van der Waals surface area contributed by atoms with Gasteiger partial charge in [0.15, 0.2) is 0 Å². The van der Waals surface area contributed by atoms with Crippen molar-refractivity contribution >= 4 is 5.82 Å². The van der Waals surface area contributed by atoms with E-state index in [9.17, 15) is 0 Å². The number of hydrogen-bond acceptors (Lipinski definition) is 3. The van der Waals surface area contributed by atoms with Crippen LogP contribution in [0.25, 0.3) is 0 Å². The highest BCUT2D eigenvalue weighted by Gasteiger charge is 2.28. The van der Waals surface area contributed by atoms with Crippen LogP contribution in [0.1, 0.15) is 52.1 Å². The van der Waals surface area contributed by atoms with Gasteiger partial charge in [-0.2, -0.15) is 0 Å². The van der Waals surface area contributed by atoms with Crippen LogP contribution >= 0.6 is 0 Å². The van der Waals surface area contributed by atoms with Crippen LogP contribution in [-0.4, -0.2) is 29.0 Å². The Kier molecular flexibility index (Phi) is 5.84. The van der Waals surface area contributed by atoms with E-state index in [0.29, 0.717) is 0 Å². The Morgan fingerprint density at radius 2 is 2.15 bits per heavy atom. The van der Waals surface area contributed by atoms with Crippen LogP contribution in [0.15, 0.2) is 18.2 Å². The zero-order valence-corrected chi connectivity index (χ0v) is 13.2. The molecule has 0 aromatic carbocycles. The van der Waals surface area contributed by atoms with Crippen molar-refractivity contribution < 1.29 is 0 Å². The molecule has 112 valence electrons. The second-order valence-corrected chi connectivity index (χ2v) is 6.33. The molecule has 3 heteroatoms. The molecule has 1 saturated carbocycles. The summed E-state index contributed by atoms with van der Waals surface area (Å²) in [6.07, 6.45) is 5.15. The molecule has 0 aliphatic heterocycles. The van der Waals surface area contributed by atoms with E-state index in [1.807, 2.05) is 0 Å². The van der Waals surface area contributed by atoms with Crippen LogP contribution in [0.4, 0.5) is 5.82 Å². The van der Waals surface area contributed by atoms with Gasteiger partial charge < -0.3 is 5.32 Å². The summed E-state index contributed by atoms with van der Waals surface area (Å²) in [7, 11) is 0. The lowest BCUT2D eigenvalue weighted by molar-refractivity contribution is 0.237. The minimum absolute atomic E-state index is 0.779. The lowest BCUT2D eigenvalue weighted by Gasteiger charge is -2.22. The van der Waals surface area contributed by atoms with E-state index in [0.717, 1.165) is 37.3 Å². The molecule has 0 radical (unpaired) electrons. The molecule has 0 bridgehead atoms. The van der Waals surface area contributed by atoms with Gasteiger partial charge in [0.05, 0.1) is 5.69 Å². The molecule has 1 N–H and O–H groups in total. The van der Waals surface area contributed by atoms with Gasteiger partial charge in [-0.15, -0.1) is 0 Å². The van der Waals surface area contributed by atoms with E-state index >= 15 is 0 Å². The Bertz CT molecular complexity index is 399. The summed E-state index contributed by atoms with van der Waals surface area (Å²) in [4.78, 5) is 7.35.